The van der Waals surface area contributed by atoms with Gasteiger partial charge < -0.3 is 10.9 Å². The van der Waals surface area contributed by atoms with Gasteiger partial charge in [-0.1, -0.05) is 0 Å². The van der Waals surface area contributed by atoms with Crippen LogP contribution in [0.1, 0.15) is 0 Å². The quantitative estimate of drug-likeness (QED) is 0.431. The average molecular weight is 225 g/mol. The highest BCUT2D eigenvalue weighted by Gasteiger charge is 2.47. The Kier molecular flexibility index (Phi) is 6.24. The molecular weight excluding hydrogens is 215 g/mol. The van der Waals surface area contributed by atoms with Crippen LogP contribution >= 0.6 is 0 Å². The predicted octanol–water partition coefficient (Wildman–Crippen LogP) is 0.661. The Morgan fingerprint density at radius 2 is 1.69 bits per heavy atom. The van der Waals surface area contributed by atoms with E-state index >= 15 is 0 Å². The van der Waals surface area contributed by atoms with Crippen LogP contribution < -0.4 is 6.15 Å². The number of halogens is 3. The minimum Gasteiger partial charge on any atom is -0.382 e. The van der Waals surface area contributed by atoms with Crippen LogP contribution in [0.15, 0.2) is 0 Å². The van der Waals surface area contributed by atoms with E-state index in [2.05, 4.69) is 8.92 Å². The van der Waals surface area contributed by atoms with Crippen LogP contribution in [0.4, 0.5) is 13.2 Å². The van der Waals surface area contributed by atoms with Crippen molar-refractivity contribution >= 4 is 10.1 Å². The van der Waals surface area contributed by atoms with Crippen molar-refractivity contribution in [1.29, 1.82) is 0 Å². The molecule has 9 heteroatoms. The molecule has 0 amide bonds. The second-order valence-electron chi connectivity index (χ2n) is 1.71. The van der Waals surface area contributed by atoms with E-state index in [1.54, 1.807) is 0 Å². The van der Waals surface area contributed by atoms with Gasteiger partial charge in [-0.25, -0.2) is 0 Å². The molecule has 82 valence electrons. The summed E-state index contributed by atoms with van der Waals surface area (Å²) in [6.45, 7) is -0.854. The molecule has 0 aromatic rings. The summed E-state index contributed by atoms with van der Waals surface area (Å²) in [5.41, 5.74) is -5.36. The Morgan fingerprint density at radius 1 is 1.23 bits per heavy atom. The van der Waals surface area contributed by atoms with Crippen molar-refractivity contribution in [2.75, 3.05) is 20.3 Å². The van der Waals surface area contributed by atoms with Gasteiger partial charge in [0.1, 0.15) is 0 Å². The third kappa shape index (κ3) is 5.03. The Hall–Kier alpha value is -0.380. The lowest BCUT2D eigenvalue weighted by Gasteiger charge is -2.06. The summed E-state index contributed by atoms with van der Waals surface area (Å²) in [5.74, 6) is 0. The van der Waals surface area contributed by atoms with Gasteiger partial charge in [-0.2, -0.15) is 21.6 Å². The van der Waals surface area contributed by atoms with E-state index in [1.165, 1.54) is 7.11 Å². The molecule has 3 N–H and O–H groups in total. The number of hydrogen-bond donors (Lipinski definition) is 1. The molecule has 0 aromatic carbocycles. The predicted molar refractivity (Wildman–Crippen MR) is 37.8 cm³/mol. The average Bonchev–Trinajstić information content (AvgIpc) is 1.85. The summed E-state index contributed by atoms with van der Waals surface area (Å²) >= 11 is 0. The van der Waals surface area contributed by atoms with Crippen LogP contribution in [-0.4, -0.2) is 34.2 Å². The van der Waals surface area contributed by atoms with Crippen LogP contribution in [0.3, 0.4) is 0 Å². The first-order valence-corrected chi connectivity index (χ1v) is 4.16. The standard InChI is InChI=1S/C4H7F3O4S.H3N/c1-10-2-3-11-12(8,9)4(5,6)7;/h2-3H2,1H3;1H3. The van der Waals surface area contributed by atoms with Crippen LogP contribution in [0.25, 0.3) is 0 Å². The van der Waals surface area contributed by atoms with Crippen molar-refractivity contribution in [2.45, 2.75) is 5.51 Å². The lowest BCUT2D eigenvalue weighted by Crippen LogP contribution is -2.26. The van der Waals surface area contributed by atoms with E-state index < -0.39 is 22.2 Å². The van der Waals surface area contributed by atoms with Crippen molar-refractivity contribution < 1.29 is 30.5 Å². The third-order valence-corrected chi connectivity index (χ3v) is 1.85. The van der Waals surface area contributed by atoms with Gasteiger partial charge in [0, 0.05) is 7.11 Å². The topological polar surface area (TPSA) is 87.6 Å². The zero-order valence-electron chi connectivity index (χ0n) is 6.80. The molecule has 0 bridgehead atoms. The van der Waals surface area contributed by atoms with Crippen molar-refractivity contribution in [3.05, 3.63) is 0 Å². The summed E-state index contributed by atoms with van der Waals surface area (Å²) in [7, 11) is -4.24. The van der Waals surface area contributed by atoms with E-state index in [0.717, 1.165) is 0 Å². The van der Waals surface area contributed by atoms with E-state index in [9.17, 15) is 21.6 Å². The molecule has 0 atom stereocenters. The second kappa shape index (κ2) is 5.37. The maximum atomic E-state index is 11.5. The van der Waals surface area contributed by atoms with Gasteiger partial charge in [0.25, 0.3) is 0 Å². The Balaban J connectivity index is 0. The van der Waals surface area contributed by atoms with Gasteiger partial charge in [-0.3, -0.25) is 4.18 Å². The van der Waals surface area contributed by atoms with Crippen LogP contribution in [0.5, 0.6) is 0 Å². The molecule has 0 heterocycles. The molecule has 0 unspecified atom stereocenters. The fourth-order valence-corrected chi connectivity index (χ4v) is 0.715. The highest BCUT2D eigenvalue weighted by molar-refractivity contribution is 7.87. The van der Waals surface area contributed by atoms with Gasteiger partial charge in [0.2, 0.25) is 0 Å². The SMILES string of the molecule is COCCOS(=O)(=O)C(F)(F)F.N. The molecule has 0 rings (SSSR count). The van der Waals surface area contributed by atoms with E-state index in [0.29, 0.717) is 0 Å². The van der Waals surface area contributed by atoms with Gasteiger partial charge >= 0.3 is 15.6 Å². The molecule has 5 nitrogen and oxygen atoms in total. The van der Waals surface area contributed by atoms with Gasteiger partial charge in [0.05, 0.1) is 13.2 Å². The van der Waals surface area contributed by atoms with Crippen molar-refractivity contribution in [1.82, 2.24) is 6.15 Å². The summed E-state index contributed by atoms with van der Waals surface area (Å²) in [6, 6.07) is 0. The molecule has 0 aromatic heterocycles. The second-order valence-corrected chi connectivity index (χ2v) is 3.32. The summed E-state index contributed by atoms with van der Waals surface area (Å²) in [5, 5.41) is 0. The number of hydrogen-bond acceptors (Lipinski definition) is 5. The Bertz CT molecular complexity index is 224. The molecule has 13 heavy (non-hydrogen) atoms. The van der Waals surface area contributed by atoms with Crippen molar-refractivity contribution in [3.8, 4) is 0 Å². The molecule has 0 aliphatic carbocycles. The number of methoxy groups -OCH3 is 1. The van der Waals surface area contributed by atoms with Crippen LogP contribution in [0.2, 0.25) is 0 Å². The molecular formula is C4H10F3NO4S. The fraction of sp³-hybridized carbons (Fsp3) is 1.00. The zero-order chi connectivity index (χ0) is 9.83. The summed E-state index contributed by atoms with van der Waals surface area (Å²) in [4.78, 5) is 0. The fourth-order valence-electron chi connectivity index (χ4n) is 0.294. The minimum atomic E-state index is -5.45. The first kappa shape index (κ1) is 15.1. The van der Waals surface area contributed by atoms with Gasteiger partial charge in [-0.15, -0.1) is 0 Å². The third-order valence-electron chi connectivity index (χ3n) is 0.809. The maximum Gasteiger partial charge on any atom is 0.523 e. The maximum absolute atomic E-state index is 11.5. The van der Waals surface area contributed by atoms with Crippen LogP contribution in [0, 0.1) is 0 Å². The van der Waals surface area contributed by atoms with Crippen LogP contribution in [-0.2, 0) is 19.0 Å². The summed E-state index contributed by atoms with van der Waals surface area (Å²) in [6.07, 6.45) is 0. The molecule has 0 spiro atoms. The lowest BCUT2D eigenvalue weighted by molar-refractivity contribution is -0.0551. The van der Waals surface area contributed by atoms with E-state index in [-0.39, 0.29) is 12.8 Å². The molecule has 0 saturated heterocycles. The minimum absolute atomic E-state index is 0. The highest BCUT2D eigenvalue weighted by Crippen LogP contribution is 2.24. The Labute approximate surface area is 73.5 Å². The zero-order valence-corrected chi connectivity index (χ0v) is 7.61. The molecule has 0 radical (unpaired) electrons. The van der Waals surface area contributed by atoms with E-state index in [4.69, 9.17) is 0 Å². The number of rotatable bonds is 4. The largest absolute Gasteiger partial charge is 0.523 e. The van der Waals surface area contributed by atoms with Gasteiger partial charge in [0.15, 0.2) is 0 Å². The lowest BCUT2D eigenvalue weighted by atomic mass is 10.8. The van der Waals surface area contributed by atoms with E-state index in [1.807, 2.05) is 0 Å². The van der Waals surface area contributed by atoms with Crippen molar-refractivity contribution in [2.24, 2.45) is 0 Å². The number of alkyl halides is 3. The van der Waals surface area contributed by atoms with Crippen molar-refractivity contribution in [3.63, 3.8) is 0 Å². The monoisotopic (exact) mass is 225 g/mol. The molecule has 0 saturated carbocycles. The highest BCUT2D eigenvalue weighted by atomic mass is 32.2. The number of ether oxygens (including phenoxy) is 1. The smallest absolute Gasteiger partial charge is 0.382 e. The summed E-state index contributed by atoms with van der Waals surface area (Å²) < 4.78 is 62.6. The Morgan fingerprint density at radius 3 is 2.00 bits per heavy atom. The molecule has 0 aliphatic rings. The van der Waals surface area contributed by atoms with Gasteiger partial charge in [-0.05, 0) is 0 Å². The molecule has 0 fully saturated rings. The first-order chi connectivity index (χ1) is 5.31. The first-order valence-electron chi connectivity index (χ1n) is 2.76. The normalized spacial score (nSPS) is 12.3. The molecule has 0 aliphatic heterocycles.